The van der Waals surface area contributed by atoms with Gasteiger partial charge in [0.1, 0.15) is 11.0 Å². The van der Waals surface area contributed by atoms with E-state index in [0.29, 0.717) is 21.6 Å². The number of hydrogen-bond donors (Lipinski definition) is 1. The number of carbonyl (C=O) groups is 1. The molecule has 1 aromatic heterocycles. The Labute approximate surface area is 196 Å². The molecule has 1 amide bonds. The summed E-state index contributed by atoms with van der Waals surface area (Å²) >= 11 is 7.82. The van der Waals surface area contributed by atoms with Gasteiger partial charge >= 0.3 is 0 Å². The van der Waals surface area contributed by atoms with Crippen molar-refractivity contribution in [3.8, 4) is 0 Å². The molecule has 0 aliphatic rings. The summed E-state index contributed by atoms with van der Waals surface area (Å²) in [6.07, 6.45) is 6.69. The molecular weight excluding hydrogens is 428 g/mol. The van der Waals surface area contributed by atoms with E-state index in [2.05, 4.69) is 36.0 Å². The van der Waals surface area contributed by atoms with Gasteiger partial charge in [0.2, 0.25) is 0 Å². The van der Waals surface area contributed by atoms with Crippen LogP contribution in [0, 0.1) is 0 Å². The van der Waals surface area contributed by atoms with Gasteiger partial charge in [-0.3, -0.25) is 4.79 Å². The first-order valence-corrected chi connectivity index (χ1v) is 12.7. The van der Waals surface area contributed by atoms with E-state index in [9.17, 15) is 4.79 Å². The van der Waals surface area contributed by atoms with Crippen molar-refractivity contribution in [2.75, 3.05) is 24.5 Å². The van der Waals surface area contributed by atoms with Gasteiger partial charge in [0.25, 0.3) is 5.91 Å². The molecule has 170 valence electrons. The number of rotatable bonds is 14. The fourth-order valence-electron chi connectivity index (χ4n) is 3.30. The zero-order valence-corrected chi connectivity index (χ0v) is 20.6. The number of anilines is 1. The molecule has 0 bridgehead atoms. The molecule has 2 aromatic rings. The van der Waals surface area contributed by atoms with Gasteiger partial charge in [0, 0.05) is 37.0 Å². The maximum atomic E-state index is 12.4. The molecule has 0 saturated heterocycles. The highest BCUT2D eigenvalue weighted by molar-refractivity contribution is 7.98. The van der Waals surface area contributed by atoms with Crippen LogP contribution >= 0.6 is 23.4 Å². The Kier molecular flexibility index (Phi) is 11.8. The van der Waals surface area contributed by atoms with E-state index in [-0.39, 0.29) is 5.91 Å². The van der Waals surface area contributed by atoms with Crippen LogP contribution in [0.25, 0.3) is 0 Å². The number of thioether (sulfide) groups is 1. The van der Waals surface area contributed by atoms with E-state index in [1.165, 1.54) is 24.6 Å². The summed E-state index contributed by atoms with van der Waals surface area (Å²) in [7, 11) is 0. The van der Waals surface area contributed by atoms with Crippen LogP contribution in [-0.4, -0.2) is 35.5 Å². The first kappa shape index (κ1) is 25.5. The van der Waals surface area contributed by atoms with Crippen LogP contribution in [0.15, 0.2) is 35.5 Å². The first-order valence-electron chi connectivity index (χ1n) is 11.4. The topological polar surface area (TPSA) is 58.1 Å². The fourth-order valence-corrected chi connectivity index (χ4v) is 4.32. The van der Waals surface area contributed by atoms with E-state index in [1.807, 2.05) is 30.3 Å². The smallest absolute Gasteiger partial charge is 0.251 e. The quantitative estimate of drug-likeness (QED) is 0.153. The third-order valence-corrected chi connectivity index (χ3v) is 5.96. The normalized spacial score (nSPS) is 10.8. The third-order valence-electron chi connectivity index (χ3n) is 4.84. The van der Waals surface area contributed by atoms with Gasteiger partial charge in [-0.25, -0.2) is 9.97 Å². The van der Waals surface area contributed by atoms with Crippen molar-refractivity contribution in [1.82, 2.24) is 15.3 Å². The molecule has 31 heavy (non-hydrogen) atoms. The van der Waals surface area contributed by atoms with Crippen LogP contribution in [-0.2, 0) is 5.75 Å². The average Bonchev–Trinajstić information content (AvgIpc) is 2.77. The molecule has 0 spiro atoms. The van der Waals surface area contributed by atoms with Crippen molar-refractivity contribution in [2.45, 2.75) is 70.2 Å². The lowest BCUT2D eigenvalue weighted by atomic mass is 10.1. The summed E-state index contributed by atoms with van der Waals surface area (Å²) in [5.41, 5.74) is 1.76. The lowest BCUT2D eigenvalue weighted by Crippen LogP contribution is -2.26. The van der Waals surface area contributed by atoms with Crippen molar-refractivity contribution in [3.63, 3.8) is 0 Å². The van der Waals surface area contributed by atoms with E-state index in [1.54, 1.807) is 0 Å². The number of halogens is 1. The van der Waals surface area contributed by atoms with Gasteiger partial charge in [-0.05, 0) is 37.0 Å². The minimum atomic E-state index is -0.0144. The maximum Gasteiger partial charge on any atom is 0.251 e. The summed E-state index contributed by atoms with van der Waals surface area (Å²) in [4.78, 5) is 23.8. The van der Waals surface area contributed by atoms with Crippen molar-refractivity contribution in [2.24, 2.45) is 0 Å². The first-order chi connectivity index (χ1) is 15.1. The second kappa shape index (κ2) is 14.3. The molecule has 1 aromatic carbocycles. The van der Waals surface area contributed by atoms with Crippen LogP contribution < -0.4 is 10.2 Å². The summed E-state index contributed by atoms with van der Waals surface area (Å²) in [6.45, 7) is 9.12. The Morgan fingerprint density at radius 1 is 1.03 bits per heavy atom. The molecule has 0 aliphatic carbocycles. The predicted octanol–water partition coefficient (Wildman–Crippen LogP) is 6.36. The second-order valence-corrected chi connectivity index (χ2v) is 8.95. The van der Waals surface area contributed by atoms with E-state index < -0.39 is 0 Å². The molecule has 5 nitrogen and oxygen atoms in total. The summed E-state index contributed by atoms with van der Waals surface area (Å²) < 4.78 is 0. The lowest BCUT2D eigenvalue weighted by Gasteiger charge is -2.22. The Bertz CT molecular complexity index is 812. The van der Waals surface area contributed by atoms with E-state index >= 15 is 0 Å². The number of benzene rings is 1. The highest BCUT2D eigenvalue weighted by atomic mass is 35.5. The highest BCUT2D eigenvalue weighted by Crippen LogP contribution is 2.25. The molecule has 0 radical (unpaired) electrons. The Morgan fingerprint density at radius 3 is 2.52 bits per heavy atom. The van der Waals surface area contributed by atoms with Crippen LogP contribution in [0.4, 0.5) is 5.82 Å². The molecule has 2 rings (SSSR count). The number of nitrogens with zero attached hydrogens (tertiary/aromatic N) is 3. The van der Waals surface area contributed by atoms with E-state index in [4.69, 9.17) is 16.6 Å². The van der Waals surface area contributed by atoms with Crippen molar-refractivity contribution in [3.05, 3.63) is 46.6 Å². The average molecular weight is 463 g/mol. The van der Waals surface area contributed by atoms with Gasteiger partial charge in [0.15, 0.2) is 5.16 Å². The SMILES string of the molecule is CCCCCCNC(=O)c1cccc(CSc2nc(Cl)cc(N(CCC)CCC)n2)c1. The van der Waals surface area contributed by atoms with Crippen molar-refractivity contribution >= 4 is 35.1 Å². The fraction of sp³-hybridized carbons (Fsp3) is 0.542. The largest absolute Gasteiger partial charge is 0.356 e. The summed E-state index contributed by atoms with van der Waals surface area (Å²) in [6, 6.07) is 9.59. The number of aromatic nitrogens is 2. The Hall–Kier alpha value is -1.79. The minimum Gasteiger partial charge on any atom is -0.356 e. The van der Waals surface area contributed by atoms with Crippen molar-refractivity contribution < 1.29 is 4.79 Å². The van der Waals surface area contributed by atoms with Gasteiger partial charge in [-0.15, -0.1) is 0 Å². The zero-order valence-electron chi connectivity index (χ0n) is 19.0. The molecule has 7 heteroatoms. The van der Waals surface area contributed by atoms with Gasteiger partial charge < -0.3 is 10.2 Å². The molecule has 0 saturated carbocycles. The molecular formula is C24H35ClN4OS. The zero-order chi connectivity index (χ0) is 22.5. The van der Waals surface area contributed by atoms with Crippen molar-refractivity contribution in [1.29, 1.82) is 0 Å². The monoisotopic (exact) mass is 462 g/mol. The molecule has 1 heterocycles. The number of nitrogens with one attached hydrogen (secondary N) is 1. The van der Waals surface area contributed by atoms with Gasteiger partial charge in [-0.2, -0.15) is 0 Å². The standard InChI is InChI=1S/C24H35ClN4OS/c1-4-7-8-9-13-26-23(30)20-12-10-11-19(16-20)18-31-24-27-21(25)17-22(28-24)29(14-5-2)15-6-3/h10-12,16-17H,4-9,13-15,18H2,1-3H3,(H,26,30). The number of hydrogen-bond acceptors (Lipinski definition) is 5. The maximum absolute atomic E-state index is 12.4. The van der Waals surface area contributed by atoms with E-state index in [0.717, 1.165) is 56.7 Å². The van der Waals surface area contributed by atoms with Gasteiger partial charge in [-0.1, -0.05) is 75.5 Å². The lowest BCUT2D eigenvalue weighted by molar-refractivity contribution is 0.0953. The summed E-state index contributed by atoms with van der Waals surface area (Å²) in [5, 5.41) is 4.13. The number of amides is 1. The third kappa shape index (κ3) is 9.08. The predicted molar refractivity (Wildman–Crippen MR) is 132 cm³/mol. The minimum absolute atomic E-state index is 0.0144. The Balaban J connectivity index is 1.98. The number of carbonyl (C=O) groups excluding carboxylic acids is 1. The molecule has 0 unspecified atom stereocenters. The van der Waals surface area contributed by atoms with Crippen LogP contribution in [0.2, 0.25) is 5.15 Å². The van der Waals surface area contributed by atoms with Crippen LogP contribution in [0.1, 0.15) is 75.2 Å². The van der Waals surface area contributed by atoms with Gasteiger partial charge in [0.05, 0.1) is 0 Å². The van der Waals surface area contributed by atoms with Crippen LogP contribution in [0.5, 0.6) is 0 Å². The molecule has 0 aliphatic heterocycles. The molecule has 0 atom stereocenters. The molecule has 1 N–H and O–H groups in total. The summed E-state index contributed by atoms with van der Waals surface area (Å²) in [5.74, 6) is 1.54. The highest BCUT2D eigenvalue weighted by Gasteiger charge is 2.11. The van der Waals surface area contributed by atoms with Crippen LogP contribution in [0.3, 0.4) is 0 Å². The number of unbranched alkanes of at least 4 members (excludes halogenated alkanes) is 3. The second-order valence-electron chi connectivity index (χ2n) is 7.62. The Morgan fingerprint density at radius 2 is 1.81 bits per heavy atom. The molecule has 0 fully saturated rings.